The molecule has 0 spiro atoms. The van der Waals surface area contributed by atoms with Crippen LogP contribution in [0.2, 0.25) is 0 Å². The monoisotopic (exact) mass is 1140 g/mol. The minimum Gasteiger partial charge on any atom is -0.455 e. The first-order valence-electron chi connectivity index (χ1n) is 32.3. The summed E-state index contributed by atoms with van der Waals surface area (Å²) in [6.45, 7) is 5.65. The number of hydrogen-bond donors (Lipinski definition) is 2. The van der Waals surface area contributed by atoms with Crippen LogP contribution in [0.15, 0.2) is 133 Å². The summed E-state index contributed by atoms with van der Waals surface area (Å²) in [5.41, 5.74) is 4.97. The van der Waals surface area contributed by atoms with Gasteiger partial charge in [-0.3, -0.25) is 0 Å². The van der Waals surface area contributed by atoms with Crippen LogP contribution in [-0.2, 0) is 73.9 Å². The van der Waals surface area contributed by atoms with Crippen molar-refractivity contribution in [1.29, 1.82) is 0 Å². The molecular weight excluding hydrogens is 1040 g/mol. The van der Waals surface area contributed by atoms with Gasteiger partial charge in [0.15, 0.2) is 6.29 Å². The van der Waals surface area contributed by atoms with Crippen LogP contribution in [0.3, 0.4) is 0 Å². The molecule has 0 bridgehead atoms. The molecule has 2 N–H and O–H groups in total. The molecule has 4 aliphatic rings. The number of carbonyl (C=O) groups excluding carboxylic acids is 1. The van der Waals surface area contributed by atoms with Crippen LogP contribution < -0.4 is 0 Å². The van der Waals surface area contributed by atoms with Gasteiger partial charge in [-0.25, -0.2) is 4.79 Å². The predicted octanol–water partition coefficient (Wildman–Crippen LogP) is 14.6. The summed E-state index contributed by atoms with van der Waals surface area (Å²) < 4.78 is 61.1. The van der Waals surface area contributed by atoms with Gasteiger partial charge in [0.1, 0.15) is 30.5 Å². The Morgan fingerprint density at radius 2 is 0.964 bits per heavy atom. The molecule has 0 radical (unpaired) electrons. The first kappa shape index (κ1) is 64.7. The molecule has 0 saturated carbocycles. The molecule has 0 unspecified atom stereocenters. The van der Waals surface area contributed by atoms with Gasteiger partial charge in [0, 0.05) is 5.57 Å². The third-order valence-electron chi connectivity index (χ3n) is 17.2. The Bertz CT molecular complexity index is 2370. The molecule has 0 aliphatic carbocycles. The Labute approximate surface area is 497 Å². The smallest absolute Gasteiger partial charge is 0.334 e. The third kappa shape index (κ3) is 22.2. The average Bonchev–Trinajstić information content (AvgIpc) is 4.38. The van der Waals surface area contributed by atoms with E-state index < -0.39 is 36.8 Å². The van der Waals surface area contributed by atoms with Crippen LogP contribution in [0.5, 0.6) is 0 Å². The van der Waals surface area contributed by atoms with E-state index in [0.717, 1.165) is 118 Å². The van der Waals surface area contributed by atoms with E-state index in [-0.39, 0.29) is 55.3 Å². The second kappa shape index (κ2) is 36.6. The fourth-order valence-corrected chi connectivity index (χ4v) is 12.4. The van der Waals surface area contributed by atoms with Crippen molar-refractivity contribution < 1.29 is 57.6 Å². The van der Waals surface area contributed by atoms with Gasteiger partial charge in [0.05, 0.1) is 75.8 Å². The van der Waals surface area contributed by atoms with Crippen LogP contribution in [0, 0.1) is 0 Å². The Morgan fingerprint density at radius 3 is 1.52 bits per heavy atom. The van der Waals surface area contributed by atoms with E-state index in [4.69, 9.17) is 42.6 Å². The van der Waals surface area contributed by atoms with Crippen LogP contribution >= 0.6 is 0 Å². The number of rotatable bonds is 40. The first-order valence-corrected chi connectivity index (χ1v) is 32.3. The summed E-state index contributed by atoms with van der Waals surface area (Å²) in [6.07, 6.45) is 21.1. The van der Waals surface area contributed by atoms with E-state index in [2.05, 4.69) is 55.5 Å². The fraction of sp³-hybridized carbons (Fsp3) is 0.620. The van der Waals surface area contributed by atoms with Crippen molar-refractivity contribution in [2.75, 3.05) is 6.61 Å². The summed E-state index contributed by atoms with van der Waals surface area (Å²) in [7, 11) is 0. The number of carbonyl (C=O) groups is 1. The van der Waals surface area contributed by atoms with Gasteiger partial charge in [-0.1, -0.05) is 212 Å². The van der Waals surface area contributed by atoms with Crippen LogP contribution in [0.25, 0.3) is 0 Å². The molecule has 12 heteroatoms. The molecule has 3 fully saturated rings. The molecule has 4 aromatic carbocycles. The highest BCUT2D eigenvalue weighted by atomic mass is 16.7. The highest BCUT2D eigenvalue weighted by Crippen LogP contribution is 2.37. The molecule has 0 amide bonds. The molecule has 0 aromatic heterocycles. The van der Waals surface area contributed by atoms with Crippen molar-refractivity contribution in [3.63, 3.8) is 0 Å². The van der Waals surface area contributed by atoms with E-state index in [1.165, 1.54) is 51.4 Å². The largest absolute Gasteiger partial charge is 0.455 e. The van der Waals surface area contributed by atoms with Gasteiger partial charge >= 0.3 is 5.97 Å². The van der Waals surface area contributed by atoms with Crippen molar-refractivity contribution in [3.05, 3.63) is 155 Å². The number of hydrogen-bond acceptors (Lipinski definition) is 12. The zero-order valence-corrected chi connectivity index (χ0v) is 50.1. The minimum absolute atomic E-state index is 0.0878. The minimum atomic E-state index is -0.821. The maximum absolute atomic E-state index is 12.0. The topological polar surface area (TPSA) is 141 Å². The van der Waals surface area contributed by atoms with Gasteiger partial charge < -0.3 is 52.8 Å². The number of aliphatic hydroxyl groups excluding tert-OH is 2. The number of benzene rings is 4. The number of esters is 1. The molecule has 4 heterocycles. The summed E-state index contributed by atoms with van der Waals surface area (Å²) >= 11 is 0. The Balaban J connectivity index is 0.938. The lowest BCUT2D eigenvalue weighted by molar-refractivity contribution is -0.332. The lowest BCUT2D eigenvalue weighted by Gasteiger charge is -2.46. The lowest BCUT2D eigenvalue weighted by atomic mass is 9.97. The number of aliphatic hydroxyl groups is 2. The quantitative estimate of drug-likeness (QED) is 0.0324. The van der Waals surface area contributed by atoms with E-state index in [1.54, 1.807) is 0 Å². The molecule has 8 rings (SSSR count). The highest BCUT2D eigenvalue weighted by Gasteiger charge is 2.50. The molecule has 12 nitrogen and oxygen atoms in total. The second-order valence-electron chi connectivity index (χ2n) is 24.0. The van der Waals surface area contributed by atoms with Crippen molar-refractivity contribution in [2.24, 2.45) is 0 Å². The van der Waals surface area contributed by atoms with Gasteiger partial charge in [-0.15, -0.1) is 0 Å². The lowest BCUT2D eigenvalue weighted by Crippen LogP contribution is -2.62. The summed E-state index contributed by atoms with van der Waals surface area (Å²) in [6, 6.07) is 40.8. The van der Waals surface area contributed by atoms with E-state index in [0.29, 0.717) is 39.3 Å². The normalized spacial score (nSPS) is 25.5. The first-order chi connectivity index (χ1) is 40.8. The van der Waals surface area contributed by atoms with Crippen LogP contribution in [0.4, 0.5) is 0 Å². The van der Waals surface area contributed by atoms with Crippen LogP contribution in [-0.4, -0.2) is 102 Å². The molecule has 83 heavy (non-hydrogen) atoms. The summed E-state index contributed by atoms with van der Waals surface area (Å²) in [4.78, 5) is 12.0. The van der Waals surface area contributed by atoms with Gasteiger partial charge in [-0.05, 0) is 106 Å². The van der Waals surface area contributed by atoms with Crippen molar-refractivity contribution >= 4 is 5.97 Å². The van der Waals surface area contributed by atoms with Crippen molar-refractivity contribution in [2.45, 2.75) is 274 Å². The number of unbranched alkanes of at least 4 members (excludes halogenated alkanes) is 12. The molecule has 3 saturated heterocycles. The van der Waals surface area contributed by atoms with Gasteiger partial charge in [-0.2, -0.15) is 0 Å². The SMILES string of the molecule is CCCCCC[C@H](O)CCC[C@H](O)[C@H]1CC[C@H]([C@H]2CC[C@H]([C@@H](CCCCCCCCCCCCC3=C[C@H](C)OC3=O)OC[C@H]3O[C@H](OCc4ccccc4)[C@H](OCc4ccccc4)[C@@H](OCc4ccccc4)[C@@H]3OCc3ccccc3)O2)O1. The highest BCUT2D eigenvalue weighted by molar-refractivity contribution is 5.90. The predicted molar refractivity (Wildman–Crippen MR) is 324 cm³/mol. The van der Waals surface area contributed by atoms with Gasteiger partial charge in [0.25, 0.3) is 0 Å². The Kier molecular flexibility index (Phi) is 28.5. The molecule has 4 aromatic rings. The van der Waals surface area contributed by atoms with E-state index in [1.807, 2.05) is 85.8 Å². The van der Waals surface area contributed by atoms with E-state index in [9.17, 15) is 15.0 Å². The number of cyclic esters (lactones) is 1. The third-order valence-corrected chi connectivity index (χ3v) is 17.2. The second-order valence-corrected chi connectivity index (χ2v) is 24.0. The zero-order valence-electron chi connectivity index (χ0n) is 50.1. The number of ether oxygens (including phenoxy) is 9. The molecule has 13 atom stereocenters. The summed E-state index contributed by atoms with van der Waals surface area (Å²) in [5, 5.41) is 21.9. The average molecular weight is 1150 g/mol. The molecular formula is C71H100O12. The Hall–Kier alpha value is -4.31. The zero-order chi connectivity index (χ0) is 57.7. The summed E-state index contributed by atoms with van der Waals surface area (Å²) in [5.74, 6) is -0.140. The molecule has 456 valence electrons. The van der Waals surface area contributed by atoms with Gasteiger partial charge in [0.2, 0.25) is 0 Å². The maximum Gasteiger partial charge on any atom is 0.334 e. The standard InChI is InChI=1S/C71H100O12/c1-3-4-5-27-39-59(72)40-29-41-60(73)61-43-44-64(81-61)65-46-45-63(82-65)62(42-28-13-11-9-7-6-8-10-12-26-38-58-47-53(2)80-70(58)74)75-52-66-67(76-48-54-30-18-14-19-31-54)68(77-49-55-32-20-15-21-33-55)69(78-50-56-34-22-16-23-35-56)71(83-66)79-51-57-36-24-17-25-37-57/h14-25,30-37,47,53,59-69,71-73H,3-13,26-29,38-46,48-52H2,1-2H3/t53-,59-,60-,61+,62+,63+,64+,65+,66+,67+,68-,69+,71-/m0/s1. The van der Waals surface area contributed by atoms with Crippen LogP contribution in [0.1, 0.15) is 190 Å². The van der Waals surface area contributed by atoms with E-state index >= 15 is 0 Å². The van der Waals surface area contributed by atoms with Crippen molar-refractivity contribution in [3.8, 4) is 0 Å². The van der Waals surface area contributed by atoms with Crippen molar-refractivity contribution in [1.82, 2.24) is 0 Å². The Morgan fingerprint density at radius 1 is 0.494 bits per heavy atom. The molecule has 4 aliphatic heterocycles. The maximum atomic E-state index is 12.0. The fourth-order valence-electron chi connectivity index (χ4n) is 12.4.